The molecule has 1 unspecified atom stereocenters. The van der Waals surface area contributed by atoms with Gasteiger partial charge in [0.05, 0.1) is 0 Å². The normalized spacial score (nSPS) is 0. The molecule has 0 aromatic carbocycles. The number of rotatable bonds is 0. The van der Waals surface area contributed by atoms with E-state index in [0.717, 1.165) is 0 Å². The second-order valence-electron chi connectivity index (χ2n) is 0. The molecule has 0 aliphatic heterocycles. The van der Waals surface area contributed by atoms with Crippen molar-refractivity contribution in [1.82, 2.24) is 0 Å². The van der Waals surface area contributed by atoms with Crippen molar-refractivity contribution in [1.29, 1.82) is 0 Å². The smallest absolute Gasteiger partial charge is 0 e. The molecule has 0 aliphatic rings. The Bertz CT molecular complexity index is 3.25. The van der Waals surface area contributed by atoms with Crippen molar-refractivity contribution in [2.75, 3.05) is 0 Å². The molecule has 0 saturated heterocycles. The van der Waals surface area contributed by atoms with Gasteiger partial charge in [0, 0.05) is 61.3 Å². The van der Waals surface area contributed by atoms with E-state index in [-0.39, 0.29) is 71.2 Å². The predicted octanol–water partition coefficient (Wildman–Crippen LogP) is 0.0506. The van der Waals surface area contributed by atoms with Crippen molar-refractivity contribution in [3.8, 4) is 0 Å². The van der Waals surface area contributed by atoms with E-state index in [1.165, 1.54) is 0 Å². The average molecular weight is 353 g/mol. The zero-order chi connectivity index (χ0) is 0. The Kier molecular flexibility index (Phi) is 146. The minimum absolute atomic E-state index is 0. The first-order chi connectivity index (χ1) is 0. The fourth-order valence-corrected chi connectivity index (χ4v) is 0. The molecule has 0 saturated carbocycles. The first-order valence-corrected chi connectivity index (χ1v) is 0. The zero-order valence-corrected chi connectivity index (χ0v) is 7.73. The largest absolute Gasteiger partial charge is 0.153 e. The van der Waals surface area contributed by atoms with Gasteiger partial charge in [-0.25, -0.2) is 0 Å². The molecular weight excluding hydrogens is 350 g/mol. The molecule has 0 fully saturated rings. The summed E-state index contributed by atoms with van der Waals surface area (Å²) in [6.45, 7) is 0. The molecule has 4 heavy (non-hydrogen) atoms. The van der Waals surface area contributed by atoms with Crippen LogP contribution in [0.15, 0.2) is 0 Å². The molecule has 0 aliphatic carbocycles. The first-order valence-electron chi connectivity index (χ1n) is 0. The SMILES string of the molecule is P.[Pd].[Pd].[Pd]. The topological polar surface area (TPSA) is 0 Å². The number of hydrogen-bond acceptors (Lipinski definition) is 0. The molecule has 38 valence electrons. The predicted molar refractivity (Wildman–Crippen MR) is 11.1 cm³/mol. The van der Waals surface area contributed by atoms with E-state index < -0.39 is 0 Å². The maximum atomic E-state index is 0. The van der Waals surface area contributed by atoms with Crippen molar-refractivity contribution >= 4 is 9.90 Å². The second kappa shape index (κ2) is 18.1. The minimum atomic E-state index is 0. The van der Waals surface area contributed by atoms with Gasteiger partial charge in [0.1, 0.15) is 0 Å². The van der Waals surface area contributed by atoms with Crippen molar-refractivity contribution in [2.45, 2.75) is 0 Å². The van der Waals surface area contributed by atoms with Crippen molar-refractivity contribution in [3.63, 3.8) is 0 Å². The van der Waals surface area contributed by atoms with Crippen LogP contribution in [0, 0.1) is 0 Å². The maximum Gasteiger partial charge on any atom is 0 e. The molecule has 0 aromatic rings. The Morgan fingerprint density at radius 2 is 0.500 bits per heavy atom. The van der Waals surface area contributed by atoms with Gasteiger partial charge in [-0.05, 0) is 0 Å². The molecule has 0 N–H and O–H groups in total. The fourth-order valence-electron chi connectivity index (χ4n) is 0. The van der Waals surface area contributed by atoms with E-state index in [9.17, 15) is 0 Å². The first kappa shape index (κ1) is 32.2. The van der Waals surface area contributed by atoms with Gasteiger partial charge in [0.2, 0.25) is 0 Å². The van der Waals surface area contributed by atoms with E-state index in [0.29, 0.717) is 0 Å². The van der Waals surface area contributed by atoms with E-state index >= 15 is 0 Å². The van der Waals surface area contributed by atoms with Crippen LogP contribution in [0.3, 0.4) is 0 Å². The molecule has 0 amide bonds. The van der Waals surface area contributed by atoms with Gasteiger partial charge < -0.3 is 0 Å². The molecule has 0 nitrogen and oxygen atoms in total. The van der Waals surface area contributed by atoms with Gasteiger partial charge in [-0.2, -0.15) is 9.90 Å². The van der Waals surface area contributed by atoms with Crippen molar-refractivity contribution < 1.29 is 61.3 Å². The summed E-state index contributed by atoms with van der Waals surface area (Å²) in [4.78, 5) is 0. The molecule has 0 radical (unpaired) electrons. The third kappa shape index (κ3) is 8.83. The van der Waals surface area contributed by atoms with E-state index in [4.69, 9.17) is 0 Å². The summed E-state index contributed by atoms with van der Waals surface area (Å²) in [5.41, 5.74) is 0. The van der Waals surface area contributed by atoms with E-state index in [2.05, 4.69) is 0 Å². The van der Waals surface area contributed by atoms with Crippen LogP contribution >= 0.6 is 9.90 Å². The van der Waals surface area contributed by atoms with Gasteiger partial charge in [-0.1, -0.05) is 0 Å². The zero-order valence-electron chi connectivity index (χ0n) is 1.66. The standard InChI is InChI=1S/H3P.3Pd/h1H3;;;. The van der Waals surface area contributed by atoms with E-state index in [1.807, 2.05) is 0 Å². The van der Waals surface area contributed by atoms with Gasteiger partial charge in [-0.15, -0.1) is 0 Å². The van der Waals surface area contributed by atoms with Gasteiger partial charge in [0.25, 0.3) is 0 Å². The molecule has 0 aromatic heterocycles. The molecular formula is H3PPd3. The summed E-state index contributed by atoms with van der Waals surface area (Å²) in [7, 11) is 0. The van der Waals surface area contributed by atoms with Crippen LogP contribution in [-0.2, 0) is 61.3 Å². The summed E-state index contributed by atoms with van der Waals surface area (Å²) in [5.74, 6) is 0. The van der Waals surface area contributed by atoms with Gasteiger partial charge >= 0.3 is 0 Å². The summed E-state index contributed by atoms with van der Waals surface area (Å²) in [6.07, 6.45) is 0. The average Bonchev–Trinajstić information content (AvgIpc) is 0. The second-order valence-corrected chi connectivity index (χ2v) is 0. The Morgan fingerprint density at radius 3 is 0.500 bits per heavy atom. The fraction of sp³-hybridized carbons (Fsp3) is 0. The summed E-state index contributed by atoms with van der Waals surface area (Å²) >= 11 is 0. The summed E-state index contributed by atoms with van der Waals surface area (Å²) < 4.78 is 0. The molecule has 0 heterocycles. The Morgan fingerprint density at radius 1 is 0.500 bits per heavy atom. The molecule has 4 heteroatoms. The Labute approximate surface area is 70.5 Å². The Hall–Kier alpha value is 2.42. The molecule has 0 bridgehead atoms. The van der Waals surface area contributed by atoms with E-state index in [1.54, 1.807) is 0 Å². The van der Waals surface area contributed by atoms with Crippen LogP contribution in [0.5, 0.6) is 0 Å². The van der Waals surface area contributed by atoms with Crippen molar-refractivity contribution in [2.24, 2.45) is 0 Å². The molecule has 0 rings (SSSR count). The van der Waals surface area contributed by atoms with Crippen LogP contribution in [0.4, 0.5) is 0 Å². The van der Waals surface area contributed by atoms with Crippen molar-refractivity contribution in [3.05, 3.63) is 0 Å². The summed E-state index contributed by atoms with van der Waals surface area (Å²) in [6, 6.07) is 0. The number of hydrogen-bond donors (Lipinski definition) is 0. The monoisotopic (exact) mass is 352 g/mol. The minimum Gasteiger partial charge on any atom is -0.153 e. The third-order valence-electron chi connectivity index (χ3n) is 0. The van der Waals surface area contributed by atoms with Gasteiger partial charge in [-0.3, -0.25) is 0 Å². The van der Waals surface area contributed by atoms with Crippen LogP contribution in [0.1, 0.15) is 0 Å². The maximum absolute atomic E-state index is 0. The molecule has 0 spiro atoms. The quantitative estimate of drug-likeness (QED) is 0.427. The van der Waals surface area contributed by atoms with Crippen LogP contribution in [0.2, 0.25) is 0 Å². The van der Waals surface area contributed by atoms with Crippen LogP contribution < -0.4 is 0 Å². The van der Waals surface area contributed by atoms with Gasteiger partial charge in [0.15, 0.2) is 0 Å². The van der Waals surface area contributed by atoms with Crippen LogP contribution in [-0.4, -0.2) is 0 Å². The molecule has 1 atom stereocenters. The van der Waals surface area contributed by atoms with Crippen LogP contribution in [0.25, 0.3) is 0 Å². The summed E-state index contributed by atoms with van der Waals surface area (Å²) in [5, 5.41) is 0. The Balaban J connectivity index is 0. The third-order valence-corrected chi connectivity index (χ3v) is 0.